The van der Waals surface area contributed by atoms with E-state index in [9.17, 15) is 22.8 Å². The molecule has 2 heterocycles. The van der Waals surface area contributed by atoms with Gasteiger partial charge in [0.25, 0.3) is 11.1 Å². The molecule has 0 saturated carbocycles. The van der Waals surface area contributed by atoms with Gasteiger partial charge in [0.1, 0.15) is 6.54 Å². The molecule has 9 heteroatoms. The third-order valence-electron chi connectivity index (χ3n) is 3.55. The second-order valence-corrected chi connectivity index (χ2v) is 8.44. The van der Waals surface area contributed by atoms with Gasteiger partial charge in [0.2, 0.25) is 5.91 Å². The number of carbonyl (C=O) groups excluding carboxylic acids is 3. The summed E-state index contributed by atoms with van der Waals surface area (Å²) in [5, 5.41) is 3.00. The molecular weight excluding hydrogens is 364 g/mol. The molecule has 1 saturated heterocycles. The van der Waals surface area contributed by atoms with Gasteiger partial charge in [0, 0.05) is 5.41 Å². The molecule has 0 spiro atoms. The lowest BCUT2D eigenvalue weighted by atomic mass is 10.2. The number of rotatable bonds is 4. The molecule has 1 aromatic rings. The largest absolute Gasteiger partial charge is 0.347 e. The molecule has 3 amide bonds. The Hall–Kier alpha value is -2.39. The van der Waals surface area contributed by atoms with E-state index in [2.05, 4.69) is 5.32 Å². The number of carbonyl (C=O) groups is 3. The maximum absolute atomic E-state index is 12.3. The molecule has 130 valence electrons. The number of thioether (sulfide) groups is 1. The predicted octanol–water partition coefficient (Wildman–Crippen LogP) is 1.15. The van der Waals surface area contributed by atoms with Crippen LogP contribution < -0.4 is 5.32 Å². The number of hydrogen-bond acceptors (Lipinski definition) is 6. The fourth-order valence-corrected chi connectivity index (χ4v) is 4.47. The van der Waals surface area contributed by atoms with Crippen molar-refractivity contribution in [2.45, 2.75) is 6.04 Å². The summed E-state index contributed by atoms with van der Waals surface area (Å²) in [6, 6.07) is 8.42. The highest BCUT2D eigenvalue weighted by molar-refractivity contribution is 8.18. The number of nitrogens with zero attached hydrogens (tertiary/aromatic N) is 1. The van der Waals surface area contributed by atoms with E-state index in [0.717, 1.165) is 27.6 Å². The van der Waals surface area contributed by atoms with Crippen LogP contribution in [0.25, 0.3) is 6.08 Å². The Balaban J connectivity index is 1.64. The minimum absolute atomic E-state index is 0.214. The summed E-state index contributed by atoms with van der Waals surface area (Å²) in [5.41, 5.74) is 0.777. The molecule has 1 atom stereocenters. The maximum Gasteiger partial charge on any atom is 0.294 e. The predicted molar refractivity (Wildman–Crippen MR) is 94.0 cm³/mol. The summed E-state index contributed by atoms with van der Waals surface area (Å²) >= 11 is 0.770. The first-order valence-electron chi connectivity index (χ1n) is 7.35. The highest BCUT2D eigenvalue weighted by Crippen LogP contribution is 2.31. The second kappa shape index (κ2) is 6.85. The van der Waals surface area contributed by atoms with Gasteiger partial charge in [-0.3, -0.25) is 19.3 Å². The molecule has 2 aliphatic heterocycles. The molecule has 1 aromatic carbocycles. The van der Waals surface area contributed by atoms with Gasteiger partial charge in [-0.15, -0.1) is 0 Å². The summed E-state index contributed by atoms with van der Waals surface area (Å²) in [4.78, 5) is 37.4. The molecule has 0 bridgehead atoms. The van der Waals surface area contributed by atoms with Crippen LogP contribution in [0.15, 0.2) is 46.7 Å². The fourth-order valence-electron chi connectivity index (χ4n) is 2.40. The molecule has 25 heavy (non-hydrogen) atoms. The Kier molecular flexibility index (Phi) is 4.78. The van der Waals surface area contributed by atoms with E-state index in [1.165, 1.54) is 6.08 Å². The average Bonchev–Trinajstić information content (AvgIpc) is 3.02. The van der Waals surface area contributed by atoms with Crippen molar-refractivity contribution in [3.63, 3.8) is 0 Å². The van der Waals surface area contributed by atoms with E-state index in [0.29, 0.717) is 0 Å². The van der Waals surface area contributed by atoms with Crippen LogP contribution in [0.2, 0.25) is 0 Å². The van der Waals surface area contributed by atoms with Crippen LogP contribution in [-0.4, -0.2) is 48.7 Å². The zero-order valence-electron chi connectivity index (χ0n) is 12.9. The number of benzene rings is 1. The number of imide groups is 1. The van der Waals surface area contributed by atoms with Crippen molar-refractivity contribution in [3.05, 3.63) is 52.3 Å². The molecule has 0 radical (unpaired) electrons. The van der Waals surface area contributed by atoms with E-state index in [1.807, 2.05) is 18.2 Å². The molecule has 0 aliphatic carbocycles. The van der Waals surface area contributed by atoms with Crippen LogP contribution in [0.1, 0.15) is 5.56 Å². The molecular formula is C16H14N2O5S2. The summed E-state index contributed by atoms with van der Waals surface area (Å²) in [5.74, 6) is -1.34. The van der Waals surface area contributed by atoms with Gasteiger partial charge in [-0.25, -0.2) is 8.42 Å². The third-order valence-corrected chi connectivity index (χ3v) is 5.85. The van der Waals surface area contributed by atoms with Crippen molar-refractivity contribution in [2.24, 2.45) is 0 Å². The molecule has 3 rings (SSSR count). The van der Waals surface area contributed by atoms with Gasteiger partial charge in [0.15, 0.2) is 9.84 Å². The Labute approximate surface area is 148 Å². The van der Waals surface area contributed by atoms with E-state index in [4.69, 9.17) is 0 Å². The van der Waals surface area contributed by atoms with Crippen LogP contribution >= 0.6 is 11.8 Å². The monoisotopic (exact) mass is 378 g/mol. The molecule has 7 nitrogen and oxygen atoms in total. The lowest BCUT2D eigenvalue weighted by Crippen LogP contribution is -2.43. The van der Waals surface area contributed by atoms with E-state index >= 15 is 0 Å². The lowest BCUT2D eigenvalue weighted by molar-refractivity contribution is -0.129. The van der Waals surface area contributed by atoms with Crippen LogP contribution in [0.4, 0.5) is 4.79 Å². The highest BCUT2D eigenvalue weighted by Gasteiger charge is 2.36. The normalized spacial score (nSPS) is 23.4. The van der Waals surface area contributed by atoms with Crippen molar-refractivity contribution in [3.8, 4) is 0 Å². The Morgan fingerprint density at radius 3 is 2.64 bits per heavy atom. The Bertz CT molecular complexity index is 890. The summed E-state index contributed by atoms with van der Waals surface area (Å²) in [6.45, 7) is -0.443. The topological polar surface area (TPSA) is 101 Å². The summed E-state index contributed by atoms with van der Waals surface area (Å²) < 4.78 is 22.6. The Morgan fingerprint density at radius 2 is 2.00 bits per heavy atom. The van der Waals surface area contributed by atoms with Crippen LogP contribution in [0, 0.1) is 0 Å². The van der Waals surface area contributed by atoms with Crippen LogP contribution in [0.5, 0.6) is 0 Å². The zero-order valence-corrected chi connectivity index (χ0v) is 14.5. The molecule has 0 aromatic heterocycles. The molecule has 1 N–H and O–H groups in total. The average molecular weight is 378 g/mol. The first-order valence-corrected chi connectivity index (χ1v) is 9.88. The van der Waals surface area contributed by atoms with Gasteiger partial charge in [0.05, 0.1) is 16.7 Å². The molecule has 1 fully saturated rings. The van der Waals surface area contributed by atoms with E-state index in [-0.39, 0.29) is 10.7 Å². The van der Waals surface area contributed by atoms with Crippen LogP contribution in [0.3, 0.4) is 0 Å². The summed E-state index contributed by atoms with van der Waals surface area (Å²) in [6.07, 6.45) is 2.96. The van der Waals surface area contributed by atoms with Gasteiger partial charge >= 0.3 is 0 Å². The molecule has 2 aliphatic rings. The van der Waals surface area contributed by atoms with Crippen molar-refractivity contribution < 1.29 is 22.8 Å². The first-order chi connectivity index (χ1) is 11.8. The minimum Gasteiger partial charge on any atom is -0.347 e. The van der Waals surface area contributed by atoms with Gasteiger partial charge < -0.3 is 5.32 Å². The van der Waals surface area contributed by atoms with Gasteiger partial charge in [-0.1, -0.05) is 30.3 Å². The van der Waals surface area contributed by atoms with Gasteiger partial charge in [-0.05, 0) is 29.5 Å². The quantitative estimate of drug-likeness (QED) is 0.789. The smallest absolute Gasteiger partial charge is 0.294 e. The van der Waals surface area contributed by atoms with E-state index in [1.54, 1.807) is 18.2 Å². The number of amides is 3. The highest BCUT2D eigenvalue weighted by atomic mass is 32.2. The zero-order chi connectivity index (χ0) is 18.0. The van der Waals surface area contributed by atoms with Crippen molar-refractivity contribution in [2.75, 3.05) is 12.3 Å². The summed E-state index contributed by atoms with van der Waals surface area (Å²) in [7, 11) is -3.29. The number of nitrogens with one attached hydrogen (secondary N) is 1. The van der Waals surface area contributed by atoms with Crippen molar-refractivity contribution in [1.29, 1.82) is 0 Å². The van der Waals surface area contributed by atoms with Gasteiger partial charge in [-0.2, -0.15) is 0 Å². The standard InChI is InChI=1S/C16H14N2O5S2/c19-14(17-12-6-7-25(22,23)10-12)9-18-15(20)13(24-16(18)21)8-11-4-2-1-3-5-11/h1-8,12H,9-10H2,(H,17,19). The third kappa shape index (κ3) is 4.18. The SMILES string of the molecule is O=C(CN1C(=O)SC(=Cc2ccccc2)C1=O)NC1C=CS(=O)(=O)C1. The lowest BCUT2D eigenvalue weighted by Gasteiger charge is -2.14. The van der Waals surface area contributed by atoms with Crippen molar-refractivity contribution >= 4 is 44.7 Å². The number of hydrogen-bond donors (Lipinski definition) is 1. The molecule has 1 unspecified atom stereocenters. The minimum atomic E-state index is -3.29. The second-order valence-electron chi connectivity index (χ2n) is 5.51. The number of sulfone groups is 1. The fraction of sp³-hybridized carbons (Fsp3) is 0.188. The Morgan fingerprint density at radius 1 is 1.28 bits per heavy atom. The first kappa shape index (κ1) is 17.4. The van der Waals surface area contributed by atoms with Crippen molar-refractivity contribution in [1.82, 2.24) is 10.2 Å². The van der Waals surface area contributed by atoms with E-state index < -0.39 is 39.5 Å². The maximum atomic E-state index is 12.3. The van der Waals surface area contributed by atoms with Crippen LogP contribution in [-0.2, 0) is 19.4 Å².